The van der Waals surface area contributed by atoms with Crippen molar-refractivity contribution in [2.75, 3.05) is 5.32 Å². The minimum absolute atomic E-state index is 0.349. The Morgan fingerprint density at radius 3 is 2.83 bits per heavy atom. The summed E-state index contributed by atoms with van der Waals surface area (Å²) in [6, 6.07) is 11.6. The maximum Gasteiger partial charge on any atom is 0.249 e. The molecular formula is C18H15FN4O. The molecule has 2 aromatic heterocycles. The maximum atomic E-state index is 13.5. The van der Waals surface area contributed by atoms with E-state index < -0.39 is 0 Å². The second-order valence-corrected chi connectivity index (χ2v) is 5.16. The number of rotatable bonds is 4. The van der Waals surface area contributed by atoms with Crippen LogP contribution in [-0.2, 0) is 4.79 Å². The lowest BCUT2D eigenvalue weighted by atomic mass is 10.2. The quantitative estimate of drug-likeness (QED) is 0.749. The summed E-state index contributed by atoms with van der Waals surface area (Å²) < 4.78 is 15.1. The molecule has 3 rings (SSSR count). The van der Waals surface area contributed by atoms with Crippen molar-refractivity contribution in [3.8, 4) is 5.82 Å². The van der Waals surface area contributed by atoms with E-state index in [2.05, 4.69) is 15.4 Å². The van der Waals surface area contributed by atoms with Gasteiger partial charge in [-0.2, -0.15) is 9.78 Å². The third kappa shape index (κ3) is 3.55. The third-order valence-electron chi connectivity index (χ3n) is 3.33. The Morgan fingerprint density at radius 2 is 2.04 bits per heavy atom. The average Bonchev–Trinajstić information content (AvgIpc) is 3.02. The van der Waals surface area contributed by atoms with Crippen LogP contribution < -0.4 is 5.32 Å². The monoisotopic (exact) mass is 322 g/mol. The minimum atomic E-state index is -0.382. The van der Waals surface area contributed by atoms with Crippen LogP contribution in [0.25, 0.3) is 11.9 Å². The summed E-state index contributed by atoms with van der Waals surface area (Å²) in [6.07, 6.45) is 5.95. The van der Waals surface area contributed by atoms with Crippen molar-refractivity contribution in [2.45, 2.75) is 6.92 Å². The van der Waals surface area contributed by atoms with E-state index in [4.69, 9.17) is 0 Å². The van der Waals surface area contributed by atoms with E-state index in [-0.39, 0.29) is 11.7 Å². The molecule has 2 heterocycles. The minimum Gasteiger partial charge on any atom is -0.307 e. The van der Waals surface area contributed by atoms with Crippen LogP contribution >= 0.6 is 0 Å². The Balaban J connectivity index is 1.77. The van der Waals surface area contributed by atoms with Gasteiger partial charge in [-0.25, -0.2) is 9.37 Å². The zero-order valence-corrected chi connectivity index (χ0v) is 13.0. The van der Waals surface area contributed by atoms with Crippen LogP contribution in [0.5, 0.6) is 0 Å². The number of anilines is 1. The highest BCUT2D eigenvalue weighted by Gasteiger charge is 2.08. The topological polar surface area (TPSA) is 59.8 Å². The molecule has 1 N–H and O–H groups in total. The number of halogens is 1. The van der Waals surface area contributed by atoms with Gasteiger partial charge in [-0.1, -0.05) is 18.2 Å². The smallest absolute Gasteiger partial charge is 0.249 e. The number of carbonyl (C=O) groups excluding carboxylic acids is 1. The fraction of sp³-hybridized carbons (Fsp3) is 0.0556. The predicted molar refractivity (Wildman–Crippen MR) is 90.2 cm³/mol. The van der Waals surface area contributed by atoms with Crippen molar-refractivity contribution in [1.29, 1.82) is 0 Å². The van der Waals surface area contributed by atoms with Crippen LogP contribution in [0.3, 0.4) is 0 Å². The van der Waals surface area contributed by atoms with Crippen molar-refractivity contribution in [1.82, 2.24) is 14.8 Å². The lowest BCUT2D eigenvalue weighted by Crippen LogP contribution is -2.13. The fourth-order valence-corrected chi connectivity index (χ4v) is 2.16. The predicted octanol–water partition coefficient (Wildman–Crippen LogP) is 3.37. The summed E-state index contributed by atoms with van der Waals surface area (Å²) in [5.41, 5.74) is 1.38. The maximum absolute atomic E-state index is 13.5. The summed E-state index contributed by atoms with van der Waals surface area (Å²) in [5.74, 6) is 0.327. The van der Waals surface area contributed by atoms with E-state index in [9.17, 15) is 9.18 Å². The van der Waals surface area contributed by atoms with Gasteiger partial charge >= 0.3 is 0 Å². The molecule has 0 spiro atoms. The van der Waals surface area contributed by atoms with Gasteiger partial charge in [0.05, 0.1) is 6.20 Å². The van der Waals surface area contributed by atoms with E-state index in [1.807, 2.05) is 19.1 Å². The summed E-state index contributed by atoms with van der Waals surface area (Å²) in [6.45, 7) is 1.95. The van der Waals surface area contributed by atoms with Gasteiger partial charge in [-0.05, 0) is 36.8 Å². The van der Waals surface area contributed by atoms with Gasteiger partial charge in [0.1, 0.15) is 11.6 Å². The third-order valence-corrected chi connectivity index (χ3v) is 3.33. The first-order valence-electron chi connectivity index (χ1n) is 7.34. The highest BCUT2D eigenvalue weighted by atomic mass is 19.1. The van der Waals surface area contributed by atoms with Crippen molar-refractivity contribution < 1.29 is 9.18 Å². The highest BCUT2D eigenvalue weighted by Crippen LogP contribution is 2.14. The van der Waals surface area contributed by atoms with Crippen LogP contribution in [0.4, 0.5) is 10.2 Å². The number of amides is 1. The second-order valence-electron chi connectivity index (χ2n) is 5.16. The van der Waals surface area contributed by atoms with Crippen molar-refractivity contribution >= 4 is 17.8 Å². The van der Waals surface area contributed by atoms with Crippen LogP contribution in [0.1, 0.15) is 11.1 Å². The van der Waals surface area contributed by atoms with Gasteiger partial charge in [0.2, 0.25) is 5.91 Å². The van der Waals surface area contributed by atoms with Gasteiger partial charge in [-0.3, -0.25) is 4.79 Å². The number of benzene rings is 1. The van der Waals surface area contributed by atoms with Gasteiger partial charge in [-0.15, -0.1) is 0 Å². The molecule has 1 aromatic carbocycles. The highest BCUT2D eigenvalue weighted by molar-refractivity contribution is 6.01. The number of pyridine rings is 1. The molecule has 24 heavy (non-hydrogen) atoms. The number of hydrogen-bond donors (Lipinski definition) is 1. The molecule has 0 radical (unpaired) electrons. The first kappa shape index (κ1) is 15.6. The van der Waals surface area contributed by atoms with Crippen LogP contribution in [0.2, 0.25) is 0 Å². The Kier molecular flexibility index (Phi) is 4.47. The molecule has 6 heteroatoms. The molecule has 0 saturated carbocycles. The lowest BCUT2D eigenvalue weighted by molar-refractivity contribution is -0.111. The molecular weight excluding hydrogens is 307 g/mol. The molecule has 0 unspecified atom stereocenters. The first-order chi connectivity index (χ1) is 11.6. The number of carbonyl (C=O) groups is 1. The van der Waals surface area contributed by atoms with Gasteiger partial charge < -0.3 is 5.32 Å². The number of aromatic nitrogens is 3. The Labute approximate surface area is 138 Å². The SMILES string of the molecule is Cc1ccnc(-n2nccc2NC(=O)C=Cc2ccccc2F)c1. The number of hydrogen-bond acceptors (Lipinski definition) is 3. The second kappa shape index (κ2) is 6.87. The number of nitrogens with zero attached hydrogens (tertiary/aromatic N) is 3. The van der Waals surface area contributed by atoms with Crippen LogP contribution in [0, 0.1) is 12.7 Å². The first-order valence-corrected chi connectivity index (χ1v) is 7.34. The molecule has 0 atom stereocenters. The molecule has 0 aliphatic carbocycles. The van der Waals surface area contributed by atoms with Crippen molar-refractivity contribution in [3.63, 3.8) is 0 Å². The number of nitrogens with one attached hydrogen (secondary N) is 1. The molecule has 0 aliphatic heterocycles. The molecule has 0 aliphatic rings. The zero-order chi connectivity index (χ0) is 16.9. The molecule has 0 bridgehead atoms. The molecule has 1 amide bonds. The standard InChI is InChI=1S/C18H15FN4O/c1-13-8-10-20-17(12-13)23-16(9-11-21-23)22-18(24)7-6-14-4-2-3-5-15(14)19/h2-12H,1H3,(H,22,24). The van der Waals surface area contributed by atoms with Crippen LogP contribution in [-0.4, -0.2) is 20.7 Å². The normalized spacial score (nSPS) is 10.9. The van der Waals surface area contributed by atoms with E-state index in [0.717, 1.165) is 5.56 Å². The van der Waals surface area contributed by atoms with Gasteiger partial charge in [0.25, 0.3) is 0 Å². The number of aryl methyl sites for hydroxylation is 1. The largest absolute Gasteiger partial charge is 0.307 e. The molecule has 120 valence electrons. The van der Waals surface area contributed by atoms with Gasteiger partial charge in [0, 0.05) is 23.9 Å². The molecule has 0 fully saturated rings. The summed E-state index contributed by atoms with van der Waals surface area (Å²) in [5, 5.41) is 6.88. The summed E-state index contributed by atoms with van der Waals surface area (Å²) in [7, 11) is 0. The van der Waals surface area contributed by atoms with Crippen LogP contribution in [0.15, 0.2) is 60.9 Å². The summed E-state index contributed by atoms with van der Waals surface area (Å²) in [4.78, 5) is 16.3. The van der Waals surface area contributed by atoms with E-state index >= 15 is 0 Å². The lowest BCUT2D eigenvalue weighted by Gasteiger charge is -2.07. The van der Waals surface area contributed by atoms with E-state index in [0.29, 0.717) is 17.2 Å². The average molecular weight is 322 g/mol. The molecule has 5 nitrogen and oxygen atoms in total. The Bertz CT molecular complexity index is 901. The van der Waals surface area contributed by atoms with Gasteiger partial charge in [0.15, 0.2) is 5.82 Å². The zero-order valence-electron chi connectivity index (χ0n) is 13.0. The Morgan fingerprint density at radius 1 is 1.21 bits per heavy atom. The fourth-order valence-electron chi connectivity index (χ4n) is 2.16. The van der Waals surface area contributed by atoms with E-state index in [1.54, 1.807) is 36.7 Å². The Hall–Kier alpha value is -3.28. The molecule has 0 saturated heterocycles. The summed E-state index contributed by atoms with van der Waals surface area (Å²) >= 11 is 0. The van der Waals surface area contributed by atoms with E-state index in [1.165, 1.54) is 22.9 Å². The molecule has 3 aromatic rings. The van der Waals surface area contributed by atoms with Crippen molar-refractivity contribution in [3.05, 3.63) is 77.9 Å². The van der Waals surface area contributed by atoms with Crippen molar-refractivity contribution in [2.24, 2.45) is 0 Å².